The highest BCUT2D eigenvalue weighted by Gasteiger charge is 2.18. The van der Waals surface area contributed by atoms with Crippen molar-refractivity contribution < 1.29 is 19.4 Å². The van der Waals surface area contributed by atoms with Gasteiger partial charge in [-0.05, 0) is 36.4 Å². The molecule has 0 aliphatic rings. The summed E-state index contributed by atoms with van der Waals surface area (Å²) in [6.07, 6.45) is 1.33. The Kier molecular flexibility index (Phi) is 4.52. The molecule has 1 N–H and O–H groups in total. The van der Waals surface area contributed by atoms with Crippen molar-refractivity contribution in [3.8, 4) is 5.75 Å². The maximum Gasteiger partial charge on any atom is 0.337 e. The summed E-state index contributed by atoms with van der Waals surface area (Å²) in [6.45, 7) is 0. The van der Waals surface area contributed by atoms with Gasteiger partial charge in [0.15, 0.2) is 11.4 Å². The summed E-state index contributed by atoms with van der Waals surface area (Å²) in [5.41, 5.74) is 0.430. The lowest BCUT2D eigenvalue weighted by Gasteiger charge is -2.09. The molecular formula is C21H13ClN2O5. The number of carbonyl (C=O) groups excluding carboxylic acids is 2. The highest BCUT2D eigenvalue weighted by atomic mass is 35.5. The van der Waals surface area contributed by atoms with Gasteiger partial charge in [-0.2, -0.15) is 0 Å². The van der Waals surface area contributed by atoms with E-state index >= 15 is 0 Å². The van der Waals surface area contributed by atoms with Gasteiger partial charge in [0.05, 0.1) is 34.2 Å². The highest BCUT2D eigenvalue weighted by molar-refractivity contribution is 6.34. The molecule has 4 aromatic rings. The number of esters is 1. The first-order valence-corrected chi connectivity index (χ1v) is 8.85. The summed E-state index contributed by atoms with van der Waals surface area (Å²) in [4.78, 5) is 41.8. The Morgan fingerprint density at radius 3 is 2.59 bits per heavy atom. The van der Waals surface area contributed by atoms with Crippen LogP contribution >= 0.6 is 11.6 Å². The first-order valence-electron chi connectivity index (χ1n) is 8.47. The topological polar surface area (TPSA) is 98.0 Å². The van der Waals surface area contributed by atoms with Gasteiger partial charge in [-0.15, -0.1) is 0 Å². The van der Waals surface area contributed by atoms with Crippen molar-refractivity contribution in [3.05, 3.63) is 86.8 Å². The van der Waals surface area contributed by atoms with Gasteiger partial charge in [0.2, 0.25) is 0 Å². The van der Waals surface area contributed by atoms with Gasteiger partial charge in [-0.3, -0.25) is 14.0 Å². The molecular weight excluding hydrogens is 396 g/mol. The number of fused-ring (bicyclic) bond motifs is 2. The van der Waals surface area contributed by atoms with Crippen molar-refractivity contribution >= 4 is 39.9 Å². The second kappa shape index (κ2) is 7.03. The number of hydrogen-bond donors (Lipinski definition) is 1. The van der Waals surface area contributed by atoms with Crippen LogP contribution in [-0.4, -0.2) is 33.4 Å². The van der Waals surface area contributed by atoms with Gasteiger partial charge in [0.25, 0.3) is 5.56 Å². The van der Waals surface area contributed by atoms with Crippen molar-refractivity contribution in [2.45, 2.75) is 0 Å². The summed E-state index contributed by atoms with van der Waals surface area (Å²) in [7, 11) is 1.26. The molecule has 8 heteroatoms. The number of benzene rings is 2. The minimum atomic E-state index is -0.552. The van der Waals surface area contributed by atoms with E-state index in [1.54, 1.807) is 12.1 Å². The first kappa shape index (κ1) is 18.6. The van der Waals surface area contributed by atoms with Crippen LogP contribution in [0, 0.1) is 0 Å². The second-order valence-corrected chi connectivity index (χ2v) is 6.66. The van der Waals surface area contributed by atoms with E-state index < -0.39 is 17.3 Å². The van der Waals surface area contributed by atoms with Crippen molar-refractivity contribution in [2.75, 3.05) is 7.11 Å². The monoisotopic (exact) mass is 408 g/mol. The normalized spacial score (nSPS) is 11.0. The van der Waals surface area contributed by atoms with E-state index in [1.165, 1.54) is 54.1 Å². The fourth-order valence-corrected chi connectivity index (χ4v) is 3.31. The number of para-hydroxylation sites is 1. The lowest BCUT2D eigenvalue weighted by Crippen LogP contribution is -2.17. The number of aromatic nitrogens is 2. The fraction of sp³-hybridized carbons (Fsp3) is 0.0476. The van der Waals surface area contributed by atoms with Crippen LogP contribution in [0.2, 0.25) is 5.02 Å². The third-order valence-electron chi connectivity index (χ3n) is 4.50. The van der Waals surface area contributed by atoms with Crippen LogP contribution in [0.5, 0.6) is 5.75 Å². The third-order valence-corrected chi connectivity index (χ3v) is 4.78. The number of hydrogen-bond acceptors (Lipinski definition) is 6. The molecule has 0 unspecified atom stereocenters. The molecule has 7 nitrogen and oxygen atoms in total. The number of phenolic OH excluding ortho intramolecular Hbond substituents is 1. The predicted octanol–water partition coefficient (Wildman–Crippen LogP) is 3.22. The number of aromatic hydroxyl groups is 1. The molecule has 0 atom stereocenters. The predicted molar refractivity (Wildman–Crippen MR) is 107 cm³/mol. The standard InChI is InChI=1S/C21H13ClN2O5/c1-29-21(28)11-6-7-13-16(9-11)23-19-15(22)8-12(10-24(19)20(13)27)18(26)14-4-2-3-5-17(14)25/h2-10,25H,1H3. The maximum atomic E-state index is 13.0. The Balaban J connectivity index is 1.94. The van der Waals surface area contributed by atoms with Gasteiger partial charge in [-0.1, -0.05) is 23.7 Å². The molecule has 0 aliphatic heterocycles. The minimum absolute atomic E-state index is 0.0775. The van der Waals surface area contributed by atoms with Crippen LogP contribution < -0.4 is 5.56 Å². The van der Waals surface area contributed by atoms with E-state index in [9.17, 15) is 19.5 Å². The van der Waals surface area contributed by atoms with Gasteiger partial charge in [0, 0.05) is 11.8 Å². The Morgan fingerprint density at radius 2 is 1.86 bits per heavy atom. The van der Waals surface area contributed by atoms with Crippen LogP contribution in [0.4, 0.5) is 0 Å². The molecule has 2 aromatic carbocycles. The SMILES string of the molecule is COC(=O)c1ccc2c(=O)n3cc(C(=O)c4ccccc4O)cc(Cl)c3nc2c1. The quantitative estimate of drug-likeness (QED) is 0.317. The Labute approximate surface area is 168 Å². The minimum Gasteiger partial charge on any atom is -0.507 e. The van der Waals surface area contributed by atoms with E-state index in [0.29, 0.717) is 0 Å². The summed E-state index contributed by atoms with van der Waals surface area (Å²) in [5, 5.41) is 10.3. The number of halogens is 1. The summed E-state index contributed by atoms with van der Waals surface area (Å²) < 4.78 is 5.86. The van der Waals surface area contributed by atoms with Crippen LogP contribution in [0.1, 0.15) is 26.3 Å². The van der Waals surface area contributed by atoms with E-state index in [0.717, 1.165) is 0 Å². The van der Waals surface area contributed by atoms with Crippen LogP contribution in [0.3, 0.4) is 0 Å². The Bertz CT molecular complexity index is 1380. The number of pyridine rings is 1. The van der Waals surface area contributed by atoms with Crippen molar-refractivity contribution in [1.82, 2.24) is 9.38 Å². The summed E-state index contributed by atoms with van der Waals surface area (Å²) in [6, 6.07) is 11.9. The Morgan fingerprint density at radius 1 is 1.10 bits per heavy atom. The lowest BCUT2D eigenvalue weighted by atomic mass is 10.0. The summed E-state index contributed by atoms with van der Waals surface area (Å²) >= 11 is 6.31. The molecule has 0 spiro atoms. The first-order chi connectivity index (χ1) is 13.9. The molecule has 0 bridgehead atoms. The van der Waals surface area contributed by atoms with Crippen LogP contribution in [0.25, 0.3) is 16.6 Å². The van der Waals surface area contributed by atoms with Crippen molar-refractivity contribution in [2.24, 2.45) is 0 Å². The largest absolute Gasteiger partial charge is 0.507 e. The van der Waals surface area contributed by atoms with E-state index in [1.807, 2.05) is 0 Å². The average molecular weight is 409 g/mol. The number of rotatable bonds is 3. The van der Waals surface area contributed by atoms with Gasteiger partial charge in [0.1, 0.15) is 5.75 Å². The van der Waals surface area contributed by atoms with Crippen molar-refractivity contribution in [3.63, 3.8) is 0 Å². The van der Waals surface area contributed by atoms with Crippen LogP contribution in [-0.2, 0) is 4.74 Å². The van der Waals surface area contributed by atoms with Gasteiger partial charge in [-0.25, -0.2) is 9.78 Å². The summed E-state index contributed by atoms with van der Waals surface area (Å²) in [5.74, 6) is -1.21. The highest BCUT2D eigenvalue weighted by Crippen LogP contribution is 2.24. The zero-order chi connectivity index (χ0) is 20.7. The molecule has 2 aromatic heterocycles. The molecule has 0 fully saturated rings. The van der Waals surface area contributed by atoms with Gasteiger partial charge < -0.3 is 9.84 Å². The molecule has 0 aliphatic carbocycles. The molecule has 2 heterocycles. The molecule has 0 amide bonds. The number of methoxy groups -OCH3 is 1. The van der Waals surface area contributed by atoms with Gasteiger partial charge >= 0.3 is 5.97 Å². The van der Waals surface area contributed by atoms with E-state index in [4.69, 9.17) is 11.6 Å². The average Bonchev–Trinajstić information content (AvgIpc) is 2.73. The van der Waals surface area contributed by atoms with Crippen LogP contribution in [0.15, 0.2) is 59.5 Å². The zero-order valence-electron chi connectivity index (χ0n) is 15.0. The van der Waals surface area contributed by atoms with Crippen molar-refractivity contribution in [1.29, 1.82) is 0 Å². The number of ether oxygens (including phenoxy) is 1. The molecule has 0 radical (unpaired) electrons. The second-order valence-electron chi connectivity index (χ2n) is 6.26. The van der Waals surface area contributed by atoms with E-state index in [2.05, 4.69) is 9.72 Å². The third kappa shape index (κ3) is 3.11. The number of ketones is 1. The molecule has 144 valence electrons. The number of phenols is 1. The zero-order valence-corrected chi connectivity index (χ0v) is 15.8. The fourth-order valence-electron chi connectivity index (χ4n) is 3.05. The van der Waals surface area contributed by atoms with E-state index in [-0.39, 0.29) is 44.0 Å². The Hall–Kier alpha value is -3.71. The number of carbonyl (C=O) groups is 2. The molecule has 0 saturated heterocycles. The lowest BCUT2D eigenvalue weighted by molar-refractivity contribution is 0.0600. The number of nitrogens with zero attached hydrogens (tertiary/aromatic N) is 2. The maximum absolute atomic E-state index is 13.0. The molecule has 0 saturated carbocycles. The molecule has 29 heavy (non-hydrogen) atoms. The molecule has 4 rings (SSSR count). The smallest absolute Gasteiger partial charge is 0.337 e.